The second-order valence-electron chi connectivity index (χ2n) is 5.88. The van der Waals surface area contributed by atoms with E-state index in [2.05, 4.69) is 12.6 Å². The molecule has 0 aliphatic heterocycles. The van der Waals surface area contributed by atoms with Crippen LogP contribution in [0.4, 0.5) is 0 Å². The molecule has 0 heterocycles. The molecule has 0 radical (unpaired) electrons. The molecule has 0 amide bonds. The Balaban J connectivity index is 0.00000178. The molecule has 7 nitrogen and oxygen atoms in total. The molecule has 0 saturated heterocycles. The quantitative estimate of drug-likeness (QED) is 0.251. The summed E-state index contributed by atoms with van der Waals surface area (Å²) in [6.45, 7) is 1.08. The van der Waals surface area contributed by atoms with Crippen molar-refractivity contribution in [3.63, 3.8) is 0 Å². The number of esters is 1. The predicted octanol–water partition coefficient (Wildman–Crippen LogP) is 2.07. The fraction of sp³-hybridized carbons (Fsp3) is 0.412. The van der Waals surface area contributed by atoms with Crippen LogP contribution in [-0.2, 0) is 9.53 Å². The van der Waals surface area contributed by atoms with Gasteiger partial charge in [0.25, 0.3) is 0 Å². The van der Waals surface area contributed by atoms with Crippen molar-refractivity contribution in [1.82, 2.24) is 0 Å². The van der Waals surface area contributed by atoms with E-state index < -0.39 is 5.97 Å². The minimum absolute atomic E-state index is 0.0259. The minimum Gasteiger partial charge on any atom is -0.504 e. The van der Waals surface area contributed by atoms with Crippen LogP contribution in [0.3, 0.4) is 0 Å². The monoisotopic (exact) mass is 369 g/mol. The number of aromatic hydroxyl groups is 1. The maximum absolute atomic E-state index is 11.7. The molecule has 1 N–H and O–H groups in total. The molecule has 0 saturated carbocycles. The van der Waals surface area contributed by atoms with Gasteiger partial charge in [0.15, 0.2) is 11.5 Å². The van der Waals surface area contributed by atoms with Crippen molar-refractivity contribution in [2.75, 3.05) is 48.5 Å². The second-order valence-corrected chi connectivity index (χ2v) is 6.08. The lowest BCUT2D eigenvalue weighted by atomic mass is 10.1. The van der Waals surface area contributed by atoms with E-state index in [1.165, 1.54) is 31.8 Å². The highest BCUT2D eigenvalue weighted by Gasteiger charge is 2.10. The number of nitriles is 1. The zero-order valence-corrected chi connectivity index (χ0v) is 16.0. The van der Waals surface area contributed by atoms with Gasteiger partial charge in [-0.25, -0.2) is 4.79 Å². The van der Waals surface area contributed by atoms with E-state index in [1.807, 2.05) is 21.1 Å². The Morgan fingerprint density at radius 3 is 2.32 bits per heavy atom. The molecule has 0 aliphatic rings. The Morgan fingerprint density at radius 2 is 1.84 bits per heavy atom. The molecule has 25 heavy (non-hydrogen) atoms. The van der Waals surface area contributed by atoms with E-state index in [0.29, 0.717) is 23.7 Å². The van der Waals surface area contributed by atoms with Gasteiger partial charge in [0.05, 0.1) is 35.4 Å². The molecule has 0 spiro atoms. The van der Waals surface area contributed by atoms with Gasteiger partial charge in [0.1, 0.15) is 24.3 Å². The molecular formula is C17H25N2O5S+. The summed E-state index contributed by atoms with van der Waals surface area (Å²) in [5.74, 6) is 0.289. The van der Waals surface area contributed by atoms with E-state index in [0.717, 1.165) is 11.0 Å². The number of hydrogen-bond acceptors (Lipinski definition) is 7. The van der Waals surface area contributed by atoms with Crippen LogP contribution in [0.15, 0.2) is 18.2 Å². The number of phenols is 1. The summed E-state index contributed by atoms with van der Waals surface area (Å²) in [7, 11) is 9.01. The molecule has 1 aromatic carbocycles. The molecule has 0 aromatic heterocycles. The molecule has 0 fully saturated rings. The van der Waals surface area contributed by atoms with Crippen molar-refractivity contribution in [2.24, 2.45) is 0 Å². The summed E-state index contributed by atoms with van der Waals surface area (Å²) in [5, 5.41) is 18.3. The van der Waals surface area contributed by atoms with Gasteiger partial charge >= 0.3 is 5.97 Å². The van der Waals surface area contributed by atoms with Crippen LogP contribution in [0.5, 0.6) is 17.2 Å². The fourth-order valence-corrected chi connectivity index (χ4v) is 1.66. The third kappa shape index (κ3) is 9.49. The first-order valence-corrected chi connectivity index (χ1v) is 7.76. The van der Waals surface area contributed by atoms with Crippen LogP contribution in [0.25, 0.3) is 6.08 Å². The molecule has 0 bridgehead atoms. The number of thiocyanates is 1. The first-order chi connectivity index (χ1) is 11.7. The van der Waals surface area contributed by atoms with Crippen LogP contribution >= 0.6 is 12.6 Å². The summed E-state index contributed by atoms with van der Waals surface area (Å²) in [6, 6.07) is 3.02. The number of methoxy groups -OCH3 is 2. The van der Waals surface area contributed by atoms with Crippen LogP contribution in [0.1, 0.15) is 5.56 Å². The zero-order valence-electron chi connectivity index (χ0n) is 15.1. The maximum Gasteiger partial charge on any atom is 0.330 e. The smallest absolute Gasteiger partial charge is 0.330 e. The summed E-state index contributed by atoms with van der Waals surface area (Å²) < 4.78 is 16.1. The third-order valence-corrected chi connectivity index (χ3v) is 2.94. The Labute approximate surface area is 154 Å². The topological polar surface area (TPSA) is 88.8 Å². The van der Waals surface area contributed by atoms with E-state index in [9.17, 15) is 9.90 Å². The maximum atomic E-state index is 11.7. The number of ether oxygens (including phenoxy) is 3. The number of likely N-dealkylation sites (N-methyl/N-ethyl adjacent to an activating group) is 1. The van der Waals surface area contributed by atoms with Crippen LogP contribution in [-0.4, -0.2) is 64.1 Å². The highest BCUT2D eigenvalue weighted by atomic mass is 32.1. The summed E-state index contributed by atoms with van der Waals surface area (Å²) in [4.78, 5) is 11.7. The lowest BCUT2D eigenvalue weighted by molar-refractivity contribution is -0.870. The molecule has 1 rings (SSSR count). The Kier molecular flexibility index (Phi) is 10.2. The Bertz CT molecular complexity index is 633. The standard InChI is InChI=1S/C16H23NO5.CHNS/c1-17(2,3)8-9-22-16(19)7-6-12-10-15(21-5)13(18)11-14(12)20-4;2-1-3/h6-7,10-11H,8-9H2,1-5H3;3H/p+1. The number of thiol groups is 1. The lowest BCUT2D eigenvalue weighted by Crippen LogP contribution is -2.37. The van der Waals surface area contributed by atoms with Gasteiger partial charge in [-0.15, -0.1) is 0 Å². The number of rotatable bonds is 7. The second kappa shape index (κ2) is 11.2. The summed E-state index contributed by atoms with van der Waals surface area (Å²) >= 11 is 3.09. The van der Waals surface area contributed by atoms with Gasteiger partial charge in [-0.05, 0) is 12.1 Å². The SMILES string of the molecule is COc1cc(/C=C/C(=O)OCC[N+](C)(C)C)c(OC)cc1O.N#CS. The van der Waals surface area contributed by atoms with Crippen LogP contribution < -0.4 is 9.47 Å². The molecule has 1 aromatic rings. The number of hydrogen-bond donors (Lipinski definition) is 2. The van der Waals surface area contributed by atoms with E-state index in [-0.39, 0.29) is 5.75 Å². The first kappa shape index (κ1) is 22.6. The fourth-order valence-electron chi connectivity index (χ4n) is 1.66. The lowest BCUT2D eigenvalue weighted by Gasteiger charge is -2.23. The number of phenolic OH excluding ortho intramolecular Hbond substituents is 1. The van der Waals surface area contributed by atoms with Crippen LogP contribution in [0.2, 0.25) is 0 Å². The predicted molar refractivity (Wildman–Crippen MR) is 98.7 cm³/mol. The van der Waals surface area contributed by atoms with Crippen molar-refractivity contribution in [1.29, 1.82) is 5.26 Å². The van der Waals surface area contributed by atoms with Gasteiger partial charge in [0, 0.05) is 17.7 Å². The first-order valence-electron chi connectivity index (χ1n) is 7.32. The van der Waals surface area contributed by atoms with Gasteiger partial charge in [-0.1, -0.05) is 12.6 Å². The highest BCUT2D eigenvalue weighted by Crippen LogP contribution is 2.34. The Morgan fingerprint density at radius 1 is 1.28 bits per heavy atom. The molecule has 138 valence electrons. The van der Waals surface area contributed by atoms with E-state index in [4.69, 9.17) is 19.5 Å². The number of carbonyl (C=O) groups excluding carboxylic acids is 1. The Hall–Kier alpha value is -2.37. The summed E-state index contributed by atoms with van der Waals surface area (Å²) in [5.41, 5.74) is 0.612. The molecule has 8 heteroatoms. The van der Waals surface area contributed by atoms with Crippen molar-refractivity contribution >= 4 is 24.7 Å². The average molecular weight is 369 g/mol. The van der Waals surface area contributed by atoms with Crippen molar-refractivity contribution in [3.05, 3.63) is 23.8 Å². The van der Waals surface area contributed by atoms with Gasteiger partial charge in [-0.3, -0.25) is 0 Å². The molecular weight excluding hydrogens is 344 g/mol. The minimum atomic E-state index is -0.428. The number of quaternary nitrogens is 1. The van der Waals surface area contributed by atoms with Crippen molar-refractivity contribution in [3.8, 4) is 22.6 Å². The van der Waals surface area contributed by atoms with Crippen molar-refractivity contribution in [2.45, 2.75) is 0 Å². The number of benzene rings is 1. The number of nitrogens with zero attached hydrogens (tertiary/aromatic N) is 2. The largest absolute Gasteiger partial charge is 0.504 e. The third-order valence-electron chi connectivity index (χ3n) is 2.94. The number of carbonyl (C=O) groups is 1. The van der Waals surface area contributed by atoms with Gasteiger partial charge in [-0.2, -0.15) is 5.26 Å². The van der Waals surface area contributed by atoms with Crippen LogP contribution in [0, 0.1) is 10.7 Å². The van der Waals surface area contributed by atoms with E-state index in [1.54, 1.807) is 12.1 Å². The highest BCUT2D eigenvalue weighted by molar-refractivity contribution is 7.85. The molecule has 0 atom stereocenters. The van der Waals surface area contributed by atoms with E-state index >= 15 is 0 Å². The van der Waals surface area contributed by atoms with Gasteiger partial charge in [0.2, 0.25) is 0 Å². The average Bonchev–Trinajstić information content (AvgIpc) is 2.52. The normalized spacial score (nSPS) is 10.4. The molecule has 0 unspecified atom stereocenters. The van der Waals surface area contributed by atoms with Gasteiger partial charge < -0.3 is 23.8 Å². The zero-order chi connectivity index (χ0) is 19.5. The molecule has 0 aliphatic carbocycles. The van der Waals surface area contributed by atoms with Crippen molar-refractivity contribution < 1.29 is 28.6 Å². The summed E-state index contributed by atoms with van der Waals surface area (Å²) in [6.07, 6.45) is 2.89.